The number of aryl methyl sites for hydroxylation is 1. The van der Waals surface area contributed by atoms with Crippen LogP contribution in [0.3, 0.4) is 0 Å². The highest BCUT2D eigenvalue weighted by molar-refractivity contribution is 6.33. The number of carboxylic acid groups (broad SMARTS) is 1. The highest BCUT2D eigenvalue weighted by Crippen LogP contribution is 2.61. The van der Waals surface area contributed by atoms with Gasteiger partial charge < -0.3 is 14.9 Å². The summed E-state index contributed by atoms with van der Waals surface area (Å²) in [5.74, 6) is -0.289. The van der Waals surface area contributed by atoms with Gasteiger partial charge in [0, 0.05) is 31.4 Å². The van der Waals surface area contributed by atoms with Crippen molar-refractivity contribution in [3.05, 3.63) is 51.4 Å². The van der Waals surface area contributed by atoms with Gasteiger partial charge in [0.25, 0.3) is 5.56 Å². The van der Waals surface area contributed by atoms with Crippen LogP contribution in [0, 0.1) is 30.6 Å². The molecule has 0 unspecified atom stereocenters. The summed E-state index contributed by atoms with van der Waals surface area (Å²) in [5.41, 5.74) is 1.99. The number of aromatic nitrogens is 2. The van der Waals surface area contributed by atoms with E-state index in [0.717, 1.165) is 38.9 Å². The molecule has 5 aliphatic rings. The number of hydrogen-bond acceptors (Lipinski definition) is 5. The van der Waals surface area contributed by atoms with Crippen LogP contribution < -0.4 is 15.4 Å². The average molecular weight is 497 g/mol. The van der Waals surface area contributed by atoms with Gasteiger partial charge in [-0.05, 0) is 75.8 Å². The number of piperazine rings is 1. The normalized spacial score (nSPS) is 33.9. The first-order chi connectivity index (χ1) is 16.8. The van der Waals surface area contributed by atoms with Gasteiger partial charge >= 0.3 is 5.97 Å². The fourth-order valence-corrected chi connectivity index (χ4v) is 8.24. The minimum Gasteiger partial charge on any atom is -0.481 e. The minimum atomic E-state index is -0.802. The van der Waals surface area contributed by atoms with Gasteiger partial charge in [-0.3, -0.25) is 9.59 Å². The molecule has 0 amide bonds. The van der Waals surface area contributed by atoms with Crippen molar-refractivity contribution in [3.8, 4) is 0 Å². The van der Waals surface area contributed by atoms with Gasteiger partial charge in [-0.2, -0.15) is 5.10 Å². The average Bonchev–Trinajstić information content (AvgIpc) is 2.80. The molecule has 2 aromatic rings. The van der Waals surface area contributed by atoms with Crippen molar-refractivity contribution in [3.63, 3.8) is 0 Å². The van der Waals surface area contributed by atoms with E-state index in [-0.39, 0.29) is 22.5 Å². The van der Waals surface area contributed by atoms with E-state index in [1.165, 1.54) is 15.9 Å². The lowest BCUT2D eigenvalue weighted by molar-refractivity contribution is -0.168. The summed E-state index contributed by atoms with van der Waals surface area (Å²) in [6, 6.07) is 8.81. The van der Waals surface area contributed by atoms with Crippen molar-refractivity contribution in [2.75, 3.05) is 29.4 Å². The Labute approximate surface area is 210 Å². The lowest BCUT2D eigenvalue weighted by Gasteiger charge is -2.59. The summed E-state index contributed by atoms with van der Waals surface area (Å²) in [4.78, 5) is 30.6. The summed E-state index contributed by atoms with van der Waals surface area (Å²) in [6.07, 6.45) is 6.19. The molecular formula is C27H33ClN4O3. The zero-order valence-corrected chi connectivity index (χ0v) is 21.1. The first-order valence-electron chi connectivity index (χ1n) is 12.9. The third-order valence-corrected chi connectivity index (χ3v) is 9.55. The van der Waals surface area contributed by atoms with E-state index in [2.05, 4.69) is 53.0 Å². The molecule has 1 N–H and O–H groups in total. The molecule has 7 rings (SSSR count). The predicted octanol–water partition coefficient (Wildman–Crippen LogP) is 4.16. The standard InChI is InChI=1S/C27H33ClN4O3/c1-16-3-5-21(6-4-16)31-8-7-30(15-17(31)2)22-14-29-32(25(33)24(22)28)27-12-18-9-19(13-27)11-20(10-18)23(27)26(34)35/h3-6,14,17-20,23H,7-13,15H2,1-2H3,(H,34,35)/t17-,18-,19-,20?,23-,27?/m0/s1. The molecule has 186 valence electrons. The Balaban J connectivity index is 1.29. The quantitative estimate of drug-likeness (QED) is 0.685. The molecule has 1 aromatic carbocycles. The Morgan fingerprint density at radius 2 is 1.80 bits per heavy atom. The molecule has 4 aliphatic carbocycles. The third kappa shape index (κ3) is 3.57. The first kappa shape index (κ1) is 22.9. The number of aliphatic carboxylic acids is 1. The molecule has 35 heavy (non-hydrogen) atoms. The van der Waals surface area contributed by atoms with Gasteiger partial charge in [-0.25, -0.2) is 4.68 Å². The topological polar surface area (TPSA) is 78.7 Å². The Morgan fingerprint density at radius 1 is 1.11 bits per heavy atom. The van der Waals surface area contributed by atoms with Crippen LogP contribution in [0.15, 0.2) is 35.3 Å². The zero-order valence-electron chi connectivity index (χ0n) is 20.4. The molecule has 0 radical (unpaired) electrons. The molecule has 1 saturated heterocycles. The summed E-state index contributed by atoms with van der Waals surface area (Å²) in [7, 11) is 0. The van der Waals surface area contributed by atoms with Gasteiger partial charge in [0.2, 0.25) is 0 Å². The van der Waals surface area contributed by atoms with Crippen LogP contribution in [0.4, 0.5) is 11.4 Å². The molecule has 4 saturated carbocycles. The van der Waals surface area contributed by atoms with Crippen LogP contribution in [0.1, 0.15) is 44.6 Å². The van der Waals surface area contributed by atoms with E-state index in [1.807, 2.05) is 0 Å². The van der Waals surface area contributed by atoms with Gasteiger partial charge in [0.15, 0.2) is 0 Å². The number of halogens is 1. The highest BCUT2D eigenvalue weighted by Gasteiger charge is 2.61. The molecule has 8 heteroatoms. The van der Waals surface area contributed by atoms with Crippen LogP contribution in [-0.2, 0) is 10.3 Å². The van der Waals surface area contributed by atoms with E-state index in [9.17, 15) is 14.7 Å². The Kier molecular flexibility index (Phi) is 5.40. The fraction of sp³-hybridized carbons (Fsp3) is 0.593. The van der Waals surface area contributed by atoms with Crippen LogP contribution in [-0.4, -0.2) is 46.5 Å². The molecule has 1 aliphatic heterocycles. The van der Waals surface area contributed by atoms with E-state index >= 15 is 0 Å². The smallest absolute Gasteiger partial charge is 0.309 e. The van der Waals surface area contributed by atoms with E-state index in [0.29, 0.717) is 30.4 Å². The number of benzene rings is 1. The predicted molar refractivity (Wildman–Crippen MR) is 136 cm³/mol. The number of hydrogen-bond donors (Lipinski definition) is 1. The van der Waals surface area contributed by atoms with E-state index in [1.54, 1.807) is 6.20 Å². The summed E-state index contributed by atoms with van der Waals surface area (Å²) in [5, 5.41) is 15.0. The highest BCUT2D eigenvalue weighted by atomic mass is 35.5. The second kappa shape index (κ2) is 8.26. The maximum atomic E-state index is 13.7. The van der Waals surface area contributed by atoms with Crippen molar-refractivity contribution in [2.45, 2.75) is 57.5 Å². The largest absolute Gasteiger partial charge is 0.481 e. The maximum Gasteiger partial charge on any atom is 0.309 e. The number of carboxylic acids is 1. The maximum absolute atomic E-state index is 13.7. The van der Waals surface area contributed by atoms with Crippen LogP contribution in [0.5, 0.6) is 0 Å². The van der Waals surface area contributed by atoms with Crippen molar-refractivity contribution in [2.24, 2.45) is 23.7 Å². The molecular weight excluding hydrogens is 464 g/mol. The van der Waals surface area contributed by atoms with Gasteiger partial charge in [0.05, 0.1) is 23.3 Å². The molecule has 7 nitrogen and oxygen atoms in total. The second-order valence-electron chi connectivity index (χ2n) is 11.4. The Bertz CT molecular complexity index is 1200. The Morgan fingerprint density at radius 3 is 2.43 bits per heavy atom. The van der Waals surface area contributed by atoms with E-state index < -0.39 is 17.4 Å². The summed E-state index contributed by atoms with van der Waals surface area (Å²) in [6.45, 7) is 6.55. The zero-order chi connectivity index (χ0) is 24.5. The van der Waals surface area contributed by atoms with Gasteiger partial charge in [-0.15, -0.1) is 0 Å². The molecule has 5 fully saturated rings. The molecule has 4 atom stereocenters. The number of carbonyl (C=O) groups is 1. The number of nitrogens with zero attached hydrogens (tertiary/aromatic N) is 4. The van der Waals surface area contributed by atoms with Crippen molar-refractivity contribution < 1.29 is 9.90 Å². The third-order valence-electron chi connectivity index (χ3n) is 9.20. The molecule has 4 bridgehead atoms. The van der Waals surface area contributed by atoms with Crippen molar-refractivity contribution >= 4 is 28.9 Å². The minimum absolute atomic E-state index is 0.126. The lowest BCUT2D eigenvalue weighted by Crippen LogP contribution is -2.63. The van der Waals surface area contributed by atoms with Crippen LogP contribution in [0.2, 0.25) is 5.02 Å². The van der Waals surface area contributed by atoms with Gasteiger partial charge in [-0.1, -0.05) is 29.3 Å². The van der Waals surface area contributed by atoms with Crippen LogP contribution >= 0.6 is 11.6 Å². The summed E-state index contributed by atoms with van der Waals surface area (Å²) < 4.78 is 1.48. The lowest BCUT2D eigenvalue weighted by atomic mass is 9.48. The van der Waals surface area contributed by atoms with Crippen molar-refractivity contribution in [1.29, 1.82) is 0 Å². The number of anilines is 2. The number of rotatable bonds is 4. The molecule has 1 aromatic heterocycles. The van der Waals surface area contributed by atoms with E-state index in [4.69, 9.17) is 11.6 Å². The summed E-state index contributed by atoms with van der Waals surface area (Å²) >= 11 is 6.74. The monoisotopic (exact) mass is 496 g/mol. The molecule has 0 spiro atoms. The fourth-order valence-electron chi connectivity index (χ4n) is 7.99. The molecule has 2 heterocycles. The Hall–Kier alpha value is -2.54. The first-order valence-corrected chi connectivity index (χ1v) is 13.2. The van der Waals surface area contributed by atoms with Crippen LogP contribution in [0.25, 0.3) is 0 Å². The second-order valence-corrected chi connectivity index (χ2v) is 11.8. The SMILES string of the molecule is Cc1ccc(N2CCN(c3cnn(C45C[C@@H]6CC(C[C@H](C6)C4)[C@H]5C(=O)O)c(=O)c3Cl)C[C@@H]2C)cc1. The van der Waals surface area contributed by atoms with Crippen molar-refractivity contribution in [1.82, 2.24) is 9.78 Å². The van der Waals surface area contributed by atoms with Gasteiger partial charge in [0.1, 0.15) is 5.02 Å².